The van der Waals surface area contributed by atoms with Crippen LogP contribution < -0.4 is 4.74 Å². The molecule has 110 valence electrons. The molecule has 3 nitrogen and oxygen atoms in total. The van der Waals surface area contributed by atoms with Crippen molar-refractivity contribution in [1.82, 2.24) is 0 Å². The quantitative estimate of drug-likeness (QED) is 0.477. The van der Waals surface area contributed by atoms with Gasteiger partial charge in [-0.05, 0) is 37.1 Å². The van der Waals surface area contributed by atoms with Gasteiger partial charge in [0.2, 0.25) is 0 Å². The molecule has 1 heterocycles. The van der Waals surface area contributed by atoms with E-state index >= 15 is 0 Å². The molecule has 0 radical (unpaired) electrons. The number of hydrogen-bond donors (Lipinski definition) is 0. The predicted octanol–water partition coefficient (Wildman–Crippen LogP) is 3.92. The summed E-state index contributed by atoms with van der Waals surface area (Å²) < 4.78 is 10.6. The van der Waals surface area contributed by atoms with Crippen LogP contribution in [0, 0.1) is 0 Å². The highest BCUT2D eigenvalue weighted by Gasteiger charge is 2.06. The van der Waals surface area contributed by atoms with Gasteiger partial charge >= 0.3 is 5.97 Å². The number of esters is 1. The van der Waals surface area contributed by atoms with Crippen LogP contribution in [-0.4, -0.2) is 19.2 Å². The maximum Gasteiger partial charge on any atom is 0.330 e. The minimum Gasteiger partial charge on any atom is -0.493 e. The zero-order valence-electron chi connectivity index (χ0n) is 12.5. The van der Waals surface area contributed by atoms with Gasteiger partial charge in [0.15, 0.2) is 0 Å². The first-order valence-corrected chi connectivity index (χ1v) is 7.14. The number of ether oxygens (including phenoxy) is 2. The van der Waals surface area contributed by atoms with E-state index < -0.39 is 0 Å². The smallest absolute Gasteiger partial charge is 0.330 e. The number of fused-ring (bicyclic) bond motifs is 1. The van der Waals surface area contributed by atoms with Crippen LogP contribution >= 0.6 is 0 Å². The summed E-state index contributed by atoms with van der Waals surface area (Å²) in [5.74, 6) is 0.614. The summed E-state index contributed by atoms with van der Waals surface area (Å²) in [6, 6.07) is 7.98. The Labute approximate surface area is 125 Å². The monoisotopic (exact) mass is 284 g/mol. The van der Waals surface area contributed by atoms with Crippen molar-refractivity contribution in [2.45, 2.75) is 20.3 Å². The van der Waals surface area contributed by atoms with Gasteiger partial charge in [-0.3, -0.25) is 0 Å². The SMILES string of the molecule is CCOC(=O)/C=C(C)/C=C/C1=Cc2ccccc2OCC1. The van der Waals surface area contributed by atoms with Crippen molar-refractivity contribution in [3.63, 3.8) is 0 Å². The second kappa shape index (κ2) is 7.48. The van der Waals surface area contributed by atoms with Crippen LogP contribution in [0.1, 0.15) is 25.8 Å². The van der Waals surface area contributed by atoms with E-state index in [4.69, 9.17) is 9.47 Å². The lowest BCUT2D eigenvalue weighted by Crippen LogP contribution is -1.99. The average Bonchev–Trinajstić information content (AvgIpc) is 2.67. The largest absolute Gasteiger partial charge is 0.493 e. The van der Waals surface area contributed by atoms with E-state index in [9.17, 15) is 4.79 Å². The minimum atomic E-state index is -0.303. The van der Waals surface area contributed by atoms with Crippen molar-refractivity contribution < 1.29 is 14.3 Å². The molecule has 0 bridgehead atoms. The molecule has 0 N–H and O–H groups in total. The van der Waals surface area contributed by atoms with E-state index in [2.05, 4.69) is 6.08 Å². The van der Waals surface area contributed by atoms with Crippen molar-refractivity contribution in [1.29, 1.82) is 0 Å². The molecular formula is C18H20O3. The number of hydrogen-bond acceptors (Lipinski definition) is 3. The topological polar surface area (TPSA) is 35.5 Å². The third-order valence-electron chi connectivity index (χ3n) is 3.10. The Morgan fingerprint density at radius 3 is 3.00 bits per heavy atom. The van der Waals surface area contributed by atoms with E-state index in [0.29, 0.717) is 13.2 Å². The lowest BCUT2D eigenvalue weighted by Gasteiger charge is -2.03. The fraction of sp³-hybridized carbons (Fsp3) is 0.278. The van der Waals surface area contributed by atoms with E-state index in [1.165, 1.54) is 11.6 Å². The summed E-state index contributed by atoms with van der Waals surface area (Å²) in [6.45, 7) is 4.74. The third-order valence-corrected chi connectivity index (χ3v) is 3.10. The van der Waals surface area contributed by atoms with Gasteiger partial charge in [0, 0.05) is 18.1 Å². The fourth-order valence-electron chi connectivity index (χ4n) is 2.07. The number of allylic oxidation sites excluding steroid dienone is 3. The molecule has 0 saturated heterocycles. The van der Waals surface area contributed by atoms with Crippen LogP contribution in [0.5, 0.6) is 5.75 Å². The molecule has 0 aromatic heterocycles. The molecule has 0 amide bonds. The molecule has 1 aliphatic rings. The summed E-state index contributed by atoms with van der Waals surface area (Å²) in [5, 5.41) is 0. The maximum atomic E-state index is 11.4. The summed E-state index contributed by atoms with van der Waals surface area (Å²) in [7, 11) is 0. The van der Waals surface area contributed by atoms with Crippen LogP contribution in [0.15, 0.2) is 53.6 Å². The molecule has 21 heavy (non-hydrogen) atoms. The highest BCUT2D eigenvalue weighted by atomic mass is 16.5. The molecular weight excluding hydrogens is 264 g/mol. The molecule has 0 fully saturated rings. The van der Waals surface area contributed by atoms with E-state index in [1.54, 1.807) is 6.92 Å². The van der Waals surface area contributed by atoms with Crippen molar-refractivity contribution in [3.8, 4) is 5.75 Å². The van der Waals surface area contributed by atoms with Crippen LogP contribution in [-0.2, 0) is 9.53 Å². The molecule has 0 aliphatic carbocycles. The van der Waals surface area contributed by atoms with Crippen LogP contribution in [0.2, 0.25) is 0 Å². The molecule has 0 atom stereocenters. The minimum absolute atomic E-state index is 0.303. The van der Waals surface area contributed by atoms with Crippen LogP contribution in [0.3, 0.4) is 0 Å². The van der Waals surface area contributed by atoms with Gasteiger partial charge in [0.05, 0.1) is 13.2 Å². The Morgan fingerprint density at radius 2 is 2.19 bits per heavy atom. The second-order valence-electron chi connectivity index (χ2n) is 4.83. The Morgan fingerprint density at radius 1 is 1.38 bits per heavy atom. The highest BCUT2D eigenvalue weighted by Crippen LogP contribution is 2.25. The molecule has 1 aliphatic heterocycles. The van der Waals surface area contributed by atoms with Crippen LogP contribution in [0.25, 0.3) is 6.08 Å². The first kappa shape index (κ1) is 15.1. The lowest BCUT2D eigenvalue weighted by molar-refractivity contribution is -0.137. The summed E-state index contributed by atoms with van der Waals surface area (Å²) in [5.41, 5.74) is 3.13. The Hall–Kier alpha value is -2.29. The Balaban J connectivity index is 2.10. The lowest BCUT2D eigenvalue weighted by atomic mass is 10.1. The summed E-state index contributed by atoms with van der Waals surface area (Å²) in [4.78, 5) is 11.4. The molecule has 3 heteroatoms. The number of benzene rings is 1. The third kappa shape index (κ3) is 4.63. The standard InChI is InChI=1S/C18H20O3/c1-3-20-18(19)12-14(2)8-9-15-10-11-21-17-7-5-4-6-16(17)13-15/h4-9,12-13H,3,10-11H2,1-2H3/b9-8+,14-12+. The molecule has 0 saturated carbocycles. The number of carbonyl (C=O) groups excluding carboxylic acids is 1. The second-order valence-corrected chi connectivity index (χ2v) is 4.83. The van der Waals surface area contributed by atoms with E-state index in [0.717, 1.165) is 23.3 Å². The normalized spacial score (nSPS) is 15.0. The first-order valence-electron chi connectivity index (χ1n) is 7.14. The van der Waals surface area contributed by atoms with Gasteiger partial charge in [0.1, 0.15) is 5.75 Å². The molecule has 1 aromatic rings. The molecule has 0 spiro atoms. The zero-order valence-corrected chi connectivity index (χ0v) is 12.5. The van der Waals surface area contributed by atoms with Gasteiger partial charge in [-0.1, -0.05) is 30.4 Å². The maximum absolute atomic E-state index is 11.4. The fourth-order valence-corrected chi connectivity index (χ4v) is 2.07. The Bertz CT molecular complexity index is 594. The van der Waals surface area contributed by atoms with E-state index in [1.807, 2.05) is 43.3 Å². The van der Waals surface area contributed by atoms with Gasteiger partial charge in [-0.2, -0.15) is 0 Å². The molecule has 1 aromatic carbocycles. The van der Waals surface area contributed by atoms with E-state index in [-0.39, 0.29) is 5.97 Å². The molecule has 0 unspecified atom stereocenters. The summed E-state index contributed by atoms with van der Waals surface area (Å²) >= 11 is 0. The predicted molar refractivity (Wildman–Crippen MR) is 84.1 cm³/mol. The zero-order chi connectivity index (χ0) is 15.1. The van der Waals surface area contributed by atoms with Crippen molar-refractivity contribution in [3.05, 3.63) is 59.2 Å². The first-order chi connectivity index (χ1) is 10.2. The highest BCUT2D eigenvalue weighted by molar-refractivity contribution is 5.83. The van der Waals surface area contributed by atoms with Gasteiger partial charge in [-0.25, -0.2) is 4.79 Å². The number of carbonyl (C=O) groups is 1. The molecule has 2 rings (SSSR count). The Kier molecular flexibility index (Phi) is 5.38. The summed E-state index contributed by atoms with van der Waals surface area (Å²) in [6.07, 6.45) is 8.42. The van der Waals surface area contributed by atoms with Gasteiger partial charge in [0.25, 0.3) is 0 Å². The van der Waals surface area contributed by atoms with Crippen molar-refractivity contribution >= 4 is 12.0 Å². The number of para-hydroxylation sites is 1. The average molecular weight is 284 g/mol. The van der Waals surface area contributed by atoms with Crippen LogP contribution in [0.4, 0.5) is 0 Å². The van der Waals surface area contributed by atoms with Gasteiger partial charge < -0.3 is 9.47 Å². The van der Waals surface area contributed by atoms with Crippen molar-refractivity contribution in [2.75, 3.05) is 13.2 Å². The van der Waals surface area contributed by atoms with Crippen molar-refractivity contribution in [2.24, 2.45) is 0 Å². The number of rotatable bonds is 4. The van der Waals surface area contributed by atoms with Gasteiger partial charge in [-0.15, -0.1) is 0 Å².